The Labute approximate surface area is 121 Å². The third kappa shape index (κ3) is 3.95. The Kier molecular flexibility index (Phi) is 5.99. The van der Waals surface area contributed by atoms with Gasteiger partial charge in [-0.05, 0) is 37.1 Å². The van der Waals surface area contributed by atoms with E-state index >= 15 is 0 Å². The van der Waals surface area contributed by atoms with E-state index in [4.69, 9.17) is 0 Å². The minimum atomic E-state index is -0.726. The van der Waals surface area contributed by atoms with E-state index in [9.17, 15) is 14.7 Å². The van der Waals surface area contributed by atoms with E-state index in [-0.39, 0.29) is 29.2 Å². The predicted molar refractivity (Wildman–Crippen MR) is 78.4 cm³/mol. The lowest BCUT2D eigenvalue weighted by Gasteiger charge is -2.46. The Bertz CT molecular complexity index is 355. The minimum Gasteiger partial charge on any atom is -0.481 e. The summed E-state index contributed by atoms with van der Waals surface area (Å²) >= 11 is 0. The standard InChI is InChI=1S/C15H28N2O3/c1-5-8-16-9-13(18)17-12-7-6-11(14(19)20)15(3,4)10(12)2/h10-12,16H,5-9H2,1-4H3,(H,17,18)(H,19,20). The third-order valence-corrected chi connectivity index (χ3v) is 4.80. The molecule has 0 aromatic rings. The van der Waals surface area contributed by atoms with Crippen LogP contribution in [0.25, 0.3) is 0 Å². The van der Waals surface area contributed by atoms with E-state index in [1.807, 2.05) is 20.8 Å². The molecule has 5 nitrogen and oxygen atoms in total. The van der Waals surface area contributed by atoms with Gasteiger partial charge in [-0.25, -0.2) is 0 Å². The van der Waals surface area contributed by atoms with Gasteiger partial charge in [-0.1, -0.05) is 27.7 Å². The van der Waals surface area contributed by atoms with Crippen molar-refractivity contribution < 1.29 is 14.7 Å². The van der Waals surface area contributed by atoms with E-state index in [2.05, 4.69) is 17.6 Å². The van der Waals surface area contributed by atoms with Gasteiger partial charge in [0.2, 0.25) is 5.91 Å². The summed E-state index contributed by atoms with van der Waals surface area (Å²) in [5.41, 5.74) is -0.307. The molecule has 0 bridgehead atoms. The van der Waals surface area contributed by atoms with E-state index < -0.39 is 5.97 Å². The van der Waals surface area contributed by atoms with Crippen molar-refractivity contribution in [2.24, 2.45) is 17.3 Å². The van der Waals surface area contributed by atoms with Crippen molar-refractivity contribution in [1.29, 1.82) is 0 Å². The van der Waals surface area contributed by atoms with Crippen molar-refractivity contribution in [2.45, 2.75) is 53.0 Å². The summed E-state index contributed by atoms with van der Waals surface area (Å²) in [4.78, 5) is 23.2. The monoisotopic (exact) mass is 284 g/mol. The van der Waals surface area contributed by atoms with Gasteiger partial charge in [0.25, 0.3) is 0 Å². The Morgan fingerprint density at radius 2 is 1.95 bits per heavy atom. The van der Waals surface area contributed by atoms with Crippen LogP contribution in [0.5, 0.6) is 0 Å². The summed E-state index contributed by atoms with van der Waals surface area (Å²) in [6.45, 7) is 9.25. The molecule has 1 rings (SSSR count). The van der Waals surface area contributed by atoms with Gasteiger partial charge in [-0.15, -0.1) is 0 Å². The van der Waals surface area contributed by atoms with Crippen molar-refractivity contribution in [1.82, 2.24) is 10.6 Å². The molecule has 0 saturated heterocycles. The van der Waals surface area contributed by atoms with E-state index in [0.29, 0.717) is 13.0 Å². The highest BCUT2D eigenvalue weighted by Gasteiger charge is 2.46. The summed E-state index contributed by atoms with van der Waals surface area (Å²) in [7, 11) is 0. The lowest BCUT2D eigenvalue weighted by molar-refractivity contribution is -0.150. The second-order valence-corrected chi connectivity index (χ2v) is 6.43. The van der Waals surface area contributed by atoms with Crippen LogP contribution < -0.4 is 10.6 Å². The molecule has 20 heavy (non-hydrogen) atoms. The van der Waals surface area contributed by atoms with Gasteiger partial charge in [0.15, 0.2) is 0 Å². The number of nitrogens with one attached hydrogen (secondary N) is 2. The van der Waals surface area contributed by atoms with Crippen LogP contribution in [0.1, 0.15) is 47.0 Å². The average Bonchev–Trinajstić information content (AvgIpc) is 2.35. The maximum Gasteiger partial charge on any atom is 0.307 e. The number of rotatable bonds is 6. The zero-order chi connectivity index (χ0) is 15.3. The first-order chi connectivity index (χ1) is 9.30. The van der Waals surface area contributed by atoms with Crippen LogP contribution >= 0.6 is 0 Å². The molecule has 1 aliphatic rings. The van der Waals surface area contributed by atoms with Gasteiger partial charge in [0, 0.05) is 6.04 Å². The molecule has 116 valence electrons. The summed E-state index contributed by atoms with van der Waals surface area (Å²) in [5.74, 6) is -0.910. The molecule has 3 atom stereocenters. The summed E-state index contributed by atoms with van der Waals surface area (Å²) in [5, 5.41) is 15.4. The fourth-order valence-electron chi connectivity index (χ4n) is 3.08. The molecule has 0 radical (unpaired) electrons. The Hall–Kier alpha value is -1.10. The number of carbonyl (C=O) groups excluding carboxylic acids is 1. The summed E-state index contributed by atoms with van der Waals surface area (Å²) < 4.78 is 0. The summed E-state index contributed by atoms with van der Waals surface area (Å²) in [6.07, 6.45) is 2.36. The van der Waals surface area contributed by atoms with E-state index in [0.717, 1.165) is 19.4 Å². The van der Waals surface area contributed by atoms with Gasteiger partial charge in [-0.2, -0.15) is 0 Å². The molecule has 3 unspecified atom stereocenters. The van der Waals surface area contributed by atoms with Crippen molar-refractivity contribution >= 4 is 11.9 Å². The number of hydrogen-bond acceptors (Lipinski definition) is 3. The highest BCUT2D eigenvalue weighted by Crippen LogP contribution is 2.44. The quantitative estimate of drug-likeness (QED) is 0.648. The van der Waals surface area contributed by atoms with Crippen LogP contribution in [-0.4, -0.2) is 36.1 Å². The van der Waals surface area contributed by atoms with E-state index in [1.54, 1.807) is 0 Å². The molecule has 1 saturated carbocycles. The number of amides is 1. The Morgan fingerprint density at radius 1 is 1.30 bits per heavy atom. The second kappa shape index (κ2) is 7.07. The lowest BCUT2D eigenvalue weighted by atomic mass is 9.61. The minimum absolute atomic E-state index is 0.000116. The van der Waals surface area contributed by atoms with Gasteiger partial charge < -0.3 is 15.7 Å². The molecule has 5 heteroatoms. The zero-order valence-electron chi connectivity index (χ0n) is 13.0. The van der Waals surface area contributed by atoms with Crippen LogP contribution in [-0.2, 0) is 9.59 Å². The molecule has 1 fully saturated rings. The maximum atomic E-state index is 11.9. The zero-order valence-corrected chi connectivity index (χ0v) is 13.0. The van der Waals surface area contributed by atoms with Gasteiger partial charge in [-0.3, -0.25) is 9.59 Å². The number of carboxylic acid groups (broad SMARTS) is 1. The molecule has 0 spiro atoms. The topological polar surface area (TPSA) is 78.4 Å². The van der Waals surface area contributed by atoms with Crippen molar-refractivity contribution in [3.8, 4) is 0 Å². The molecule has 1 aliphatic carbocycles. The highest BCUT2D eigenvalue weighted by molar-refractivity contribution is 5.78. The molecular formula is C15H28N2O3. The van der Waals surface area contributed by atoms with Crippen molar-refractivity contribution in [3.63, 3.8) is 0 Å². The number of hydrogen-bond donors (Lipinski definition) is 3. The van der Waals surface area contributed by atoms with Gasteiger partial charge in [0.1, 0.15) is 0 Å². The fraction of sp³-hybridized carbons (Fsp3) is 0.867. The number of carbonyl (C=O) groups is 2. The van der Waals surface area contributed by atoms with Crippen molar-refractivity contribution in [2.75, 3.05) is 13.1 Å². The van der Waals surface area contributed by atoms with Crippen LogP contribution in [0.4, 0.5) is 0 Å². The highest BCUT2D eigenvalue weighted by atomic mass is 16.4. The van der Waals surface area contributed by atoms with Gasteiger partial charge >= 0.3 is 5.97 Å². The largest absolute Gasteiger partial charge is 0.481 e. The molecule has 0 aromatic carbocycles. The first-order valence-corrected chi connectivity index (χ1v) is 7.53. The molecule has 0 aliphatic heterocycles. The van der Waals surface area contributed by atoms with Crippen LogP contribution in [0.3, 0.4) is 0 Å². The first kappa shape index (κ1) is 17.0. The van der Waals surface area contributed by atoms with Crippen LogP contribution in [0.15, 0.2) is 0 Å². The SMILES string of the molecule is CCCNCC(=O)NC1CCC(C(=O)O)C(C)(C)C1C. The number of aliphatic carboxylic acids is 1. The molecule has 3 N–H and O–H groups in total. The molecule has 1 amide bonds. The van der Waals surface area contributed by atoms with Crippen LogP contribution in [0.2, 0.25) is 0 Å². The van der Waals surface area contributed by atoms with Crippen LogP contribution in [0, 0.1) is 17.3 Å². The normalized spacial score (nSPS) is 28.9. The van der Waals surface area contributed by atoms with Gasteiger partial charge in [0.05, 0.1) is 12.5 Å². The Balaban J connectivity index is 2.57. The predicted octanol–water partition coefficient (Wildman–Crippen LogP) is 1.63. The smallest absolute Gasteiger partial charge is 0.307 e. The summed E-state index contributed by atoms with van der Waals surface area (Å²) in [6, 6.07) is 0.0662. The number of carboxylic acids is 1. The first-order valence-electron chi connectivity index (χ1n) is 7.53. The molecular weight excluding hydrogens is 256 g/mol. The average molecular weight is 284 g/mol. The van der Waals surface area contributed by atoms with E-state index in [1.165, 1.54) is 0 Å². The second-order valence-electron chi connectivity index (χ2n) is 6.43. The fourth-order valence-corrected chi connectivity index (χ4v) is 3.08. The maximum absolute atomic E-state index is 11.9. The Morgan fingerprint density at radius 3 is 2.50 bits per heavy atom. The van der Waals surface area contributed by atoms with Crippen molar-refractivity contribution in [3.05, 3.63) is 0 Å². The molecule has 0 aromatic heterocycles. The lowest BCUT2D eigenvalue weighted by Crippen LogP contribution is -2.53. The molecule has 0 heterocycles. The third-order valence-electron chi connectivity index (χ3n) is 4.80.